The molecule has 20 heavy (non-hydrogen) atoms. The standard InChI is InChI=1S/C15H18N2O2S/c1-10-7-13(16)9-14(8-10)20(18,19)17-15-6-4-5-11(2)12(15)3/h4-9,17H,16H2,1-3H3. The summed E-state index contributed by atoms with van der Waals surface area (Å²) >= 11 is 0. The Morgan fingerprint density at radius 3 is 2.40 bits per heavy atom. The lowest BCUT2D eigenvalue weighted by molar-refractivity contribution is 0.601. The highest BCUT2D eigenvalue weighted by Crippen LogP contribution is 2.23. The number of aryl methyl sites for hydroxylation is 2. The number of nitrogen functional groups attached to an aromatic ring is 1. The molecule has 0 fully saturated rings. The Kier molecular flexibility index (Phi) is 3.72. The fourth-order valence-corrected chi connectivity index (χ4v) is 3.26. The highest BCUT2D eigenvalue weighted by Gasteiger charge is 2.16. The van der Waals surface area contributed by atoms with Crippen LogP contribution in [0.3, 0.4) is 0 Å². The molecule has 0 spiro atoms. The molecule has 2 rings (SSSR count). The summed E-state index contributed by atoms with van der Waals surface area (Å²) in [4.78, 5) is 0.177. The molecule has 0 aliphatic heterocycles. The van der Waals surface area contributed by atoms with Gasteiger partial charge >= 0.3 is 0 Å². The van der Waals surface area contributed by atoms with Crippen molar-refractivity contribution in [1.29, 1.82) is 0 Å². The number of sulfonamides is 1. The molecule has 0 atom stereocenters. The molecule has 2 aromatic carbocycles. The smallest absolute Gasteiger partial charge is 0.261 e. The van der Waals surface area contributed by atoms with E-state index >= 15 is 0 Å². The maximum atomic E-state index is 12.4. The van der Waals surface area contributed by atoms with Crippen LogP contribution in [0.4, 0.5) is 11.4 Å². The van der Waals surface area contributed by atoms with Gasteiger partial charge in [-0.15, -0.1) is 0 Å². The SMILES string of the molecule is Cc1cc(N)cc(S(=O)(=O)Nc2cccc(C)c2C)c1. The minimum Gasteiger partial charge on any atom is -0.399 e. The van der Waals surface area contributed by atoms with E-state index in [1.807, 2.05) is 32.9 Å². The van der Waals surface area contributed by atoms with Gasteiger partial charge in [0.15, 0.2) is 0 Å². The first-order chi connectivity index (χ1) is 9.29. The maximum Gasteiger partial charge on any atom is 0.261 e. The molecule has 0 heterocycles. The summed E-state index contributed by atoms with van der Waals surface area (Å²) in [5.74, 6) is 0. The Bertz CT molecular complexity index is 732. The second-order valence-corrected chi connectivity index (χ2v) is 6.61. The zero-order chi connectivity index (χ0) is 14.9. The summed E-state index contributed by atoms with van der Waals surface area (Å²) in [6.07, 6.45) is 0. The van der Waals surface area contributed by atoms with E-state index in [1.165, 1.54) is 6.07 Å². The lowest BCUT2D eigenvalue weighted by Crippen LogP contribution is -2.14. The lowest BCUT2D eigenvalue weighted by atomic mass is 10.1. The molecule has 0 amide bonds. The van der Waals surface area contributed by atoms with Crippen LogP contribution in [-0.4, -0.2) is 8.42 Å². The van der Waals surface area contributed by atoms with Crippen molar-refractivity contribution in [2.75, 3.05) is 10.5 Å². The summed E-state index contributed by atoms with van der Waals surface area (Å²) in [5, 5.41) is 0. The first-order valence-electron chi connectivity index (χ1n) is 6.26. The van der Waals surface area contributed by atoms with Crippen molar-refractivity contribution in [1.82, 2.24) is 0 Å². The third kappa shape index (κ3) is 2.93. The molecule has 3 N–H and O–H groups in total. The summed E-state index contributed by atoms with van der Waals surface area (Å²) in [5.41, 5.74) is 9.50. The molecule has 106 valence electrons. The number of hydrogen-bond acceptors (Lipinski definition) is 3. The zero-order valence-electron chi connectivity index (χ0n) is 11.8. The van der Waals surface area contributed by atoms with Crippen LogP contribution in [-0.2, 0) is 10.0 Å². The van der Waals surface area contributed by atoms with E-state index in [-0.39, 0.29) is 4.90 Å². The van der Waals surface area contributed by atoms with Gasteiger partial charge in [-0.1, -0.05) is 12.1 Å². The quantitative estimate of drug-likeness (QED) is 0.854. The normalized spacial score (nSPS) is 11.3. The van der Waals surface area contributed by atoms with Crippen LogP contribution in [0.15, 0.2) is 41.3 Å². The Labute approximate surface area is 119 Å². The summed E-state index contributed by atoms with van der Waals surface area (Å²) < 4.78 is 27.4. The summed E-state index contributed by atoms with van der Waals surface area (Å²) in [6, 6.07) is 10.3. The Hall–Kier alpha value is -2.01. The summed E-state index contributed by atoms with van der Waals surface area (Å²) in [7, 11) is -3.63. The number of rotatable bonds is 3. The van der Waals surface area contributed by atoms with Crippen LogP contribution in [0, 0.1) is 20.8 Å². The maximum absolute atomic E-state index is 12.4. The van der Waals surface area contributed by atoms with Crippen molar-refractivity contribution in [3.63, 3.8) is 0 Å². The van der Waals surface area contributed by atoms with Crippen molar-refractivity contribution in [3.05, 3.63) is 53.1 Å². The van der Waals surface area contributed by atoms with Gasteiger partial charge in [0.05, 0.1) is 10.6 Å². The van der Waals surface area contributed by atoms with Crippen LogP contribution < -0.4 is 10.5 Å². The average Bonchev–Trinajstić information content (AvgIpc) is 2.33. The van der Waals surface area contributed by atoms with E-state index < -0.39 is 10.0 Å². The van der Waals surface area contributed by atoms with E-state index in [1.54, 1.807) is 18.2 Å². The highest BCUT2D eigenvalue weighted by molar-refractivity contribution is 7.92. The number of benzene rings is 2. The van der Waals surface area contributed by atoms with Crippen molar-refractivity contribution < 1.29 is 8.42 Å². The summed E-state index contributed by atoms with van der Waals surface area (Å²) in [6.45, 7) is 5.64. The van der Waals surface area contributed by atoms with Gasteiger partial charge in [-0.2, -0.15) is 0 Å². The molecule has 0 saturated heterocycles. The number of nitrogens with two attached hydrogens (primary N) is 1. The Morgan fingerprint density at radius 1 is 1.05 bits per heavy atom. The Morgan fingerprint density at radius 2 is 1.75 bits per heavy atom. The van der Waals surface area contributed by atoms with Gasteiger partial charge in [-0.05, 0) is 61.7 Å². The van der Waals surface area contributed by atoms with E-state index in [0.717, 1.165) is 16.7 Å². The fraction of sp³-hybridized carbons (Fsp3) is 0.200. The van der Waals surface area contributed by atoms with Crippen LogP contribution in [0.2, 0.25) is 0 Å². The van der Waals surface area contributed by atoms with E-state index in [4.69, 9.17) is 5.73 Å². The molecule has 5 heteroatoms. The average molecular weight is 290 g/mol. The van der Waals surface area contributed by atoms with Gasteiger partial charge in [0.2, 0.25) is 0 Å². The van der Waals surface area contributed by atoms with E-state index in [9.17, 15) is 8.42 Å². The van der Waals surface area contributed by atoms with Gasteiger partial charge in [0, 0.05) is 5.69 Å². The Balaban J connectivity index is 2.43. The number of anilines is 2. The number of hydrogen-bond donors (Lipinski definition) is 2. The molecule has 0 radical (unpaired) electrons. The first kappa shape index (κ1) is 14.4. The van der Waals surface area contributed by atoms with Gasteiger partial charge in [0.1, 0.15) is 0 Å². The van der Waals surface area contributed by atoms with Gasteiger partial charge in [-0.3, -0.25) is 4.72 Å². The predicted molar refractivity (Wildman–Crippen MR) is 82.3 cm³/mol. The van der Waals surface area contributed by atoms with Gasteiger partial charge in [0.25, 0.3) is 10.0 Å². The minimum atomic E-state index is -3.63. The molecule has 0 saturated carbocycles. The van der Waals surface area contributed by atoms with Crippen LogP contribution in [0.25, 0.3) is 0 Å². The molecule has 2 aromatic rings. The second kappa shape index (κ2) is 5.17. The molecular formula is C15H18N2O2S. The topological polar surface area (TPSA) is 72.2 Å². The van der Waals surface area contributed by atoms with Gasteiger partial charge < -0.3 is 5.73 Å². The fourth-order valence-electron chi connectivity index (χ4n) is 2.00. The van der Waals surface area contributed by atoms with Crippen molar-refractivity contribution in [3.8, 4) is 0 Å². The highest BCUT2D eigenvalue weighted by atomic mass is 32.2. The van der Waals surface area contributed by atoms with Crippen molar-refractivity contribution >= 4 is 21.4 Å². The third-order valence-corrected chi connectivity index (χ3v) is 4.58. The second-order valence-electron chi connectivity index (χ2n) is 4.93. The van der Waals surface area contributed by atoms with Crippen molar-refractivity contribution in [2.24, 2.45) is 0 Å². The van der Waals surface area contributed by atoms with Crippen molar-refractivity contribution in [2.45, 2.75) is 25.7 Å². The third-order valence-electron chi connectivity index (χ3n) is 3.23. The largest absolute Gasteiger partial charge is 0.399 e. The molecular weight excluding hydrogens is 272 g/mol. The molecule has 0 aliphatic rings. The first-order valence-corrected chi connectivity index (χ1v) is 7.74. The molecule has 0 bridgehead atoms. The van der Waals surface area contributed by atoms with E-state index in [0.29, 0.717) is 11.4 Å². The van der Waals surface area contributed by atoms with Crippen LogP contribution in [0.5, 0.6) is 0 Å². The lowest BCUT2D eigenvalue weighted by Gasteiger charge is -2.13. The molecule has 4 nitrogen and oxygen atoms in total. The van der Waals surface area contributed by atoms with Gasteiger partial charge in [-0.25, -0.2) is 8.42 Å². The minimum absolute atomic E-state index is 0.177. The van der Waals surface area contributed by atoms with Crippen LogP contribution >= 0.6 is 0 Å². The zero-order valence-corrected chi connectivity index (χ0v) is 12.6. The monoisotopic (exact) mass is 290 g/mol. The van der Waals surface area contributed by atoms with E-state index in [2.05, 4.69) is 4.72 Å². The molecule has 0 aliphatic carbocycles. The predicted octanol–water partition coefficient (Wildman–Crippen LogP) is 2.99. The van der Waals surface area contributed by atoms with Crippen LogP contribution in [0.1, 0.15) is 16.7 Å². The molecule has 0 unspecified atom stereocenters. The molecule has 0 aromatic heterocycles. The number of nitrogens with one attached hydrogen (secondary N) is 1.